The molecule has 2 aromatic heterocycles. The Morgan fingerprint density at radius 3 is 2.27 bits per heavy atom. The molecule has 3 heterocycles. The highest BCUT2D eigenvalue weighted by molar-refractivity contribution is 5.84. The summed E-state index contributed by atoms with van der Waals surface area (Å²) >= 11 is 0. The Kier molecular flexibility index (Phi) is 5.57. The van der Waals surface area contributed by atoms with Crippen LogP contribution in [0, 0.1) is 13.5 Å². The lowest BCUT2D eigenvalue weighted by molar-refractivity contribution is 0.249. The van der Waals surface area contributed by atoms with Crippen LogP contribution in [0.4, 0.5) is 11.5 Å². The van der Waals surface area contributed by atoms with Gasteiger partial charge in [-0.1, -0.05) is 54.1 Å². The Balaban J connectivity index is 1.69. The lowest BCUT2D eigenvalue weighted by atomic mass is 10.0. The second-order valence-electron chi connectivity index (χ2n) is 8.96. The molecule has 4 aromatic rings. The van der Waals surface area contributed by atoms with Gasteiger partial charge in [0.05, 0.1) is 18.0 Å². The fourth-order valence-electron chi connectivity index (χ4n) is 4.66. The molecule has 0 aliphatic carbocycles. The highest BCUT2D eigenvalue weighted by Gasteiger charge is 2.26. The first kappa shape index (κ1) is 21.2. The maximum Gasteiger partial charge on any atom is 0.187 e. The zero-order chi connectivity index (χ0) is 22.9. The highest BCUT2D eigenvalue weighted by atomic mass is 15.2. The molecule has 0 N–H and O–H groups in total. The second-order valence-corrected chi connectivity index (χ2v) is 8.96. The molecule has 0 saturated carbocycles. The molecule has 0 atom stereocenters. The predicted molar refractivity (Wildman–Crippen MR) is 134 cm³/mol. The summed E-state index contributed by atoms with van der Waals surface area (Å²) in [5, 5.41) is 0. The molecule has 0 spiro atoms. The van der Waals surface area contributed by atoms with Crippen molar-refractivity contribution in [1.29, 1.82) is 0 Å². The van der Waals surface area contributed by atoms with E-state index in [-0.39, 0.29) is 0 Å². The van der Waals surface area contributed by atoms with Gasteiger partial charge in [-0.3, -0.25) is 4.40 Å². The molecular formula is C27H28N6. The minimum Gasteiger partial charge on any atom is -0.353 e. The molecule has 0 radical (unpaired) electrons. The monoisotopic (exact) mass is 436 g/mol. The van der Waals surface area contributed by atoms with Crippen molar-refractivity contribution in [3.8, 4) is 22.5 Å². The minimum atomic E-state index is 0.601. The summed E-state index contributed by atoms with van der Waals surface area (Å²) in [4.78, 5) is 18.2. The summed E-state index contributed by atoms with van der Waals surface area (Å²) in [5.74, 6) is 0.928. The standard InChI is InChI=1S/C27H28N6/c1-19-5-7-21(8-6-19)25-24(20-9-11-22(28-2)12-10-20)30-27(26-29-15-18-33(25)26)32-16-13-23(14-17-32)31(3)4/h5-12,15,18,23H,13-14,16-17H2,1,3-4H3. The summed E-state index contributed by atoms with van der Waals surface area (Å²) in [6, 6.07) is 16.9. The first-order chi connectivity index (χ1) is 16.0. The molecule has 0 bridgehead atoms. The van der Waals surface area contributed by atoms with Crippen molar-refractivity contribution in [2.75, 3.05) is 32.1 Å². The number of hydrogen-bond donors (Lipinski definition) is 0. The molecule has 6 heteroatoms. The molecule has 33 heavy (non-hydrogen) atoms. The SMILES string of the molecule is [C-]#[N+]c1ccc(-c2nc(N3CCC(N(C)C)CC3)c3nccn3c2-c2ccc(C)cc2)cc1. The average molecular weight is 437 g/mol. The van der Waals surface area contributed by atoms with Crippen molar-refractivity contribution in [2.45, 2.75) is 25.8 Å². The highest BCUT2D eigenvalue weighted by Crippen LogP contribution is 2.36. The topological polar surface area (TPSA) is 41.0 Å². The van der Waals surface area contributed by atoms with E-state index < -0.39 is 0 Å². The van der Waals surface area contributed by atoms with Crippen molar-refractivity contribution >= 4 is 17.2 Å². The van der Waals surface area contributed by atoms with E-state index in [1.54, 1.807) is 0 Å². The molecule has 1 fully saturated rings. The van der Waals surface area contributed by atoms with E-state index in [9.17, 15) is 0 Å². The number of rotatable bonds is 4. The third-order valence-corrected chi connectivity index (χ3v) is 6.61. The number of aryl methyl sites for hydroxylation is 1. The van der Waals surface area contributed by atoms with E-state index in [0.29, 0.717) is 11.7 Å². The van der Waals surface area contributed by atoms with E-state index in [1.165, 1.54) is 5.56 Å². The number of aromatic nitrogens is 3. The molecule has 6 nitrogen and oxygen atoms in total. The van der Waals surface area contributed by atoms with Gasteiger partial charge >= 0.3 is 0 Å². The smallest absolute Gasteiger partial charge is 0.187 e. The van der Waals surface area contributed by atoms with Gasteiger partial charge < -0.3 is 9.80 Å². The molecule has 0 unspecified atom stereocenters. The second kappa shape index (κ2) is 8.68. The van der Waals surface area contributed by atoms with E-state index >= 15 is 0 Å². The maximum atomic E-state index is 7.30. The molecule has 1 aliphatic rings. The number of benzene rings is 2. The fraction of sp³-hybridized carbons (Fsp3) is 0.296. The van der Waals surface area contributed by atoms with Crippen molar-refractivity contribution in [1.82, 2.24) is 19.3 Å². The van der Waals surface area contributed by atoms with Gasteiger partial charge in [0.15, 0.2) is 17.2 Å². The molecule has 5 rings (SSSR count). The summed E-state index contributed by atoms with van der Waals surface area (Å²) < 4.78 is 2.17. The zero-order valence-corrected chi connectivity index (χ0v) is 19.4. The molecular weight excluding hydrogens is 408 g/mol. The number of anilines is 1. The normalized spacial score (nSPS) is 14.7. The zero-order valence-electron chi connectivity index (χ0n) is 19.4. The van der Waals surface area contributed by atoms with Gasteiger partial charge in [-0.15, -0.1) is 0 Å². The number of imidazole rings is 1. The molecule has 166 valence electrons. The van der Waals surface area contributed by atoms with Crippen LogP contribution in [0.15, 0.2) is 60.9 Å². The molecule has 0 amide bonds. The first-order valence-electron chi connectivity index (χ1n) is 11.4. The van der Waals surface area contributed by atoms with Crippen molar-refractivity contribution in [3.63, 3.8) is 0 Å². The van der Waals surface area contributed by atoms with Crippen LogP contribution in [0.25, 0.3) is 33.0 Å². The fourth-order valence-corrected chi connectivity index (χ4v) is 4.66. The largest absolute Gasteiger partial charge is 0.353 e. The van der Waals surface area contributed by atoms with E-state index in [0.717, 1.165) is 59.9 Å². The Bertz CT molecular complexity index is 1300. The lowest BCUT2D eigenvalue weighted by Crippen LogP contribution is -2.42. The number of hydrogen-bond acceptors (Lipinski definition) is 4. The van der Waals surface area contributed by atoms with Gasteiger partial charge in [0.25, 0.3) is 0 Å². The predicted octanol–water partition coefficient (Wildman–Crippen LogP) is 5.45. The maximum absolute atomic E-state index is 7.30. The first-order valence-corrected chi connectivity index (χ1v) is 11.4. The summed E-state index contributed by atoms with van der Waals surface area (Å²) in [5.41, 5.74) is 6.75. The van der Waals surface area contributed by atoms with Crippen LogP contribution in [0.5, 0.6) is 0 Å². The third-order valence-electron chi connectivity index (χ3n) is 6.61. The number of fused-ring (bicyclic) bond motifs is 1. The van der Waals surface area contributed by atoms with E-state index in [1.807, 2.05) is 36.7 Å². The van der Waals surface area contributed by atoms with Gasteiger partial charge in [-0.05, 0) is 39.4 Å². The molecule has 1 saturated heterocycles. The van der Waals surface area contributed by atoms with Gasteiger partial charge in [0, 0.05) is 37.1 Å². The van der Waals surface area contributed by atoms with Crippen LogP contribution in [0.1, 0.15) is 18.4 Å². The Morgan fingerprint density at radius 2 is 1.64 bits per heavy atom. The van der Waals surface area contributed by atoms with Crippen LogP contribution >= 0.6 is 0 Å². The van der Waals surface area contributed by atoms with Crippen LogP contribution in [-0.4, -0.2) is 52.5 Å². The Hall–Kier alpha value is -3.69. The van der Waals surface area contributed by atoms with Crippen LogP contribution < -0.4 is 4.90 Å². The van der Waals surface area contributed by atoms with E-state index in [2.05, 4.69) is 64.3 Å². The minimum absolute atomic E-state index is 0.601. The van der Waals surface area contributed by atoms with Crippen molar-refractivity contribution < 1.29 is 0 Å². The van der Waals surface area contributed by atoms with Gasteiger partial charge in [0.1, 0.15) is 0 Å². The average Bonchev–Trinajstić information content (AvgIpc) is 3.34. The van der Waals surface area contributed by atoms with Crippen LogP contribution in [0.3, 0.4) is 0 Å². The Morgan fingerprint density at radius 1 is 0.970 bits per heavy atom. The third kappa shape index (κ3) is 3.96. The summed E-state index contributed by atoms with van der Waals surface area (Å²) in [6.45, 7) is 11.3. The van der Waals surface area contributed by atoms with Crippen LogP contribution in [-0.2, 0) is 0 Å². The Labute approximate surface area is 195 Å². The van der Waals surface area contributed by atoms with E-state index in [4.69, 9.17) is 16.5 Å². The van der Waals surface area contributed by atoms with Gasteiger partial charge in [-0.2, -0.15) is 0 Å². The quantitative estimate of drug-likeness (QED) is 0.399. The molecule has 2 aromatic carbocycles. The van der Waals surface area contributed by atoms with Gasteiger partial charge in [0.2, 0.25) is 0 Å². The van der Waals surface area contributed by atoms with Crippen molar-refractivity contribution in [3.05, 3.63) is 77.9 Å². The van der Waals surface area contributed by atoms with Crippen molar-refractivity contribution in [2.24, 2.45) is 0 Å². The van der Waals surface area contributed by atoms with Gasteiger partial charge in [-0.25, -0.2) is 14.8 Å². The molecule has 1 aliphatic heterocycles. The number of piperidine rings is 1. The summed E-state index contributed by atoms with van der Waals surface area (Å²) in [7, 11) is 4.32. The number of nitrogens with zero attached hydrogens (tertiary/aromatic N) is 6. The summed E-state index contributed by atoms with van der Waals surface area (Å²) in [6.07, 6.45) is 6.10. The van der Waals surface area contributed by atoms with Crippen LogP contribution in [0.2, 0.25) is 0 Å². The lowest BCUT2D eigenvalue weighted by Gasteiger charge is -2.36.